The summed E-state index contributed by atoms with van der Waals surface area (Å²) in [5.74, 6) is -1.76. The highest BCUT2D eigenvalue weighted by atomic mass is 16.6. The van der Waals surface area contributed by atoms with Crippen molar-refractivity contribution in [2.75, 3.05) is 20.3 Å². The van der Waals surface area contributed by atoms with Gasteiger partial charge in [-0.3, -0.25) is 9.59 Å². The molecule has 1 saturated heterocycles. The van der Waals surface area contributed by atoms with E-state index in [1.807, 2.05) is 42.5 Å². The number of carbonyl (C=O) groups is 3. The molecule has 36 heavy (non-hydrogen) atoms. The van der Waals surface area contributed by atoms with E-state index in [-0.39, 0.29) is 38.7 Å². The van der Waals surface area contributed by atoms with E-state index in [0.717, 1.165) is 11.1 Å². The minimum Gasteiger partial charge on any atom is -0.497 e. The van der Waals surface area contributed by atoms with Crippen molar-refractivity contribution in [1.82, 2.24) is 4.90 Å². The summed E-state index contributed by atoms with van der Waals surface area (Å²) < 4.78 is 22.1. The Morgan fingerprint density at radius 3 is 2.25 bits per heavy atom. The van der Waals surface area contributed by atoms with E-state index in [4.69, 9.17) is 18.9 Å². The fraction of sp³-hybridized carbons (Fsp3) is 0.464. The minimum absolute atomic E-state index is 0.115. The van der Waals surface area contributed by atoms with E-state index >= 15 is 0 Å². The lowest BCUT2D eigenvalue weighted by Crippen LogP contribution is -2.76. The van der Waals surface area contributed by atoms with Crippen LogP contribution in [-0.2, 0) is 41.7 Å². The quantitative estimate of drug-likeness (QED) is 0.343. The fourth-order valence-electron chi connectivity index (χ4n) is 4.29. The number of hydrogen-bond acceptors (Lipinski definition) is 7. The molecule has 2 atom stereocenters. The number of benzene rings is 2. The van der Waals surface area contributed by atoms with Gasteiger partial charge in [-0.1, -0.05) is 42.5 Å². The Balaban J connectivity index is 1.91. The highest BCUT2D eigenvalue weighted by Crippen LogP contribution is 2.43. The predicted octanol–water partition coefficient (Wildman–Crippen LogP) is 3.90. The Bertz CT molecular complexity index is 1050. The molecule has 2 aromatic rings. The number of methoxy groups -OCH3 is 1. The number of carbonyl (C=O) groups excluding carboxylic acids is 3. The first-order valence-electron chi connectivity index (χ1n) is 12.1. The van der Waals surface area contributed by atoms with Crippen LogP contribution >= 0.6 is 0 Å². The molecule has 1 aliphatic heterocycles. The molecule has 1 unspecified atom stereocenters. The van der Waals surface area contributed by atoms with Crippen molar-refractivity contribution in [3.8, 4) is 5.75 Å². The number of nitrogens with zero attached hydrogens (tertiary/aromatic N) is 1. The van der Waals surface area contributed by atoms with Crippen molar-refractivity contribution in [1.29, 1.82) is 0 Å². The van der Waals surface area contributed by atoms with Gasteiger partial charge < -0.3 is 23.8 Å². The molecule has 1 aliphatic rings. The van der Waals surface area contributed by atoms with Crippen molar-refractivity contribution >= 4 is 17.8 Å². The third kappa shape index (κ3) is 6.23. The van der Waals surface area contributed by atoms with E-state index in [1.54, 1.807) is 46.9 Å². The molecule has 0 radical (unpaired) electrons. The molecule has 0 bridgehead atoms. The van der Waals surface area contributed by atoms with Gasteiger partial charge in [-0.05, 0) is 51.0 Å². The van der Waals surface area contributed by atoms with Gasteiger partial charge in [0.05, 0.1) is 39.3 Å². The SMILES string of the molecule is CCOC(=O)[C@]1(COCc2ccccc2)C(CC(=O)OC(C)(C)C)C(=O)N1Cc1ccc(OC)cc1. The Morgan fingerprint density at radius 2 is 1.67 bits per heavy atom. The summed E-state index contributed by atoms with van der Waals surface area (Å²) in [7, 11) is 1.57. The summed E-state index contributed by atoms with van der Waals surface area (Å²) in [6.07, 6.45) is -0.247. The van der Waals surface area contributed by atoms with Crippen LogP contribution in [-0.4, -0.2) is 54.2 Å². The molecular weight excluding hydrogens is 462 g/mol. The molecule has 1 amide bonds. The molecule has 0 saturated carbocycles. The minimum atomic E-state index is -1.46. The van der Waals surface area contributed by atoms with Crippen LogP contribution in [0.15, 0.2) is 54.6 Å². The molecular formula is C28H35NO7. The standard InChI is InChI=1S/C28H35NO7/c1-6-35-26(32)28(19-34-18-21-10-8-7-9-11-21)23(16-24(30)36-27(2,3)4)25(31)29(28)17-20-12-14-22(33-5)15-13-20/h7-15,23H,6,16-19H2,1-5H3/t23?,28-/m0/s1. The molecule has 1 heterocycles. The molecule has 0 spiro atoms. The zero-order chi connectivity index (χ0) is 26.3. The Labute approximate surface area is 212 Å². The van der Waals surface area contributed by atoms with E-state index in [9.17, 15) is 14.4 Å². The summed E-state index contributed by atoms with van der Waals surface area (Å²) >= 11 is 0. The van der Waals surface area contributed by atoms with Crippen LogP contribution in [0.1, 0.15) is 45.2 Å². The number of esters is 2. The number of likely N-dealkylation sites (tertiary alicyclic amines) is 1. The largest absolute Gasteiger partial charge is 0.497 e. The molecule has 3 rings (SSSR count). The number of amides is 1. The Kier molecular flexibility index (Phi) is 8.74. The van der Waals surface area contributed by atoms with Gasteiger partial charge in [0, 0.05) is 6.54 Å². The summed E-state index contributed by atoms with van der Waals surface area (Å²) in [4.78, 5) is 41.0. The highest BCUT2D eigenvalue weighted by molar-refractivity contribution is 6.03. The Morgan fingerprint density at radius 1 is 1.00 bits per heavy atom. The van der Waals surface area contributed by atoms with Gasteiger partial charge in [0.15, 0.2) is 5.54 Å². The van der Waals surface area contributed by atoms with Gasteiger partial charge in [0.1, 0.15) is 11.4 Å². The lowest BCUT2D eigenvalue weighted by molar-refractivity contribution is -0.204. The molecule has 0 aromatic heterocycles. The second kappa shape index (κ2) is 11.6. The monoisotopic (exact) mass is 497 g/mol. The third-order valence-corrected chi connectivity index (χ3v) is 5.98. The third-order valence-electron chi connectivity index (χ3n) is 5.98. The topological polar surface area (TPSA) is 91.4 Å². The second-order valence-electron chi connectivity index (χ2n) is 9.74. The summed E-state index contributed by atoms with van der Waals surface area (Å²) in [5, 5.41) is 0. The van der Waals surface area contributed by atoms with E-state index in [2.05, 4.69) is 0 Å². The molecule has 194 valence electrons. The van der Waals surface area contributed by atoms with Crippen molar-refractivity contribution < 1.29 is 33.3 Å². The van der Waals surface area contributed by atoms with E-state index in [0.29, 0.717) is 5.75 Å². The average molecular weight is 498 g/mol. The number of ether oxygens (including phenoxy) is 4. The van der Waals surface area contributed by atoms with Crippen molar-refractivity contribution in [3.05, 3.63) is 65.7 Å². The Hall–Kier alpha value is -3.39. The van der Waals surface area contributed by atoms with Crippen LogP contribution in [0.3, 0.4) is 0 Å². The van der Waals surface area contributed by atoms with Gasteiger partial charge in [0.2, 0.25) is 5.91 Å². The van der Waals surface area contributed by atoms with Gasteiger partial charge in [-0.15, -0.1) is 0 Å². The smallest absolute Gasteiger partial charge is 0.335 e. The van der Waals surface area contributed by atoms with Crippen LogP contribution in [0, 0.1) is 5.92 Å². The first kappa shape index (κ1) is 27.2. The first-order chi connectivity index (χ1) is 17.1. The highest BCUT2D eigenvalue weighted by Gasteiger charge is 2.66. The molecule has 0 aliphatic carbocycles. The van der Waals surface area contributed by atoms with Crippen LogP contribution in [0.5, 0.6) is 5.75 Å². The summed E-state index contributed by atoms with van der Waals surface area (Å²) in [5.41, 5.74) is -0.453. The van der Waals surface area contributed by atoms with Gasteiger partial charge in [-0.25, -0.2) is 4.79 Å². The zero-order valence-electron chi connectivity index (χ0n) is 21.6. The number of hydrogen-bond donors (Lipinski definition) is 0. The second-order valence-corrected chi connectivity index (χ2v) is 9.74. The van der Waals surface area contributed by atoms with Crippen LogP contribution in [0.4, 0.5) is 0 Å². The average Bonchev–Trinajstić information content (AvgIpc) is 2.84. The van der Waals surface area contributed by atoms with Crippen molar-refractivity contribution in [2.24, 2.45) is 5.92 Å². The lowest BCUT2D eigenvalue weighted by Gasteiger charge is -2.55. The van der Waals surface area contributed by atoms with Crippen LogP contribution in [0.2, 0.25) is 0 Å². The molecule has 8 heteroatoms. The van der Waals surface area contributed by atoms with Crippen LogP contribution in [0.25, 0.3) is 0 Å². The maximum atomic E-state index is 13.4. The lowest BCUT2D eigenvalue weighted by atomic mass is 9.71. The van der Waals surface area contributed by atoms with Gasteiger partial charge >= 0.3 is 11.9 Å². The van der Waals surface area contributed by atoms with Crippen LogP contribution < -0.4 is 4.74 Å². The summed E-state index contributed by atoms with van der Waals surface area (Å²) in [6.45, 7) is 7.38. The van der Waals surface area contributed by atoms with Gasteiger partial charge in [-0.2, -0.15) is 0 Å². The molecule has 0 N–H and O–H groups in total. The fourth-order valence-corrected chi connectivity index (χ4v) is 4.29. The molecule has 1 fully saturated rings. The molecule has 8 nitrogen and oxygen atoms in total. The normalized spacial score (nSPS) is 19.4. The maximum Gasteiger partial charge on any atom is 0.335 e. The van der Waals surface area contributed by atoms with Crippen molar-refractivity contribution in [3.63, 3.8) is 0 Å². The maximum absolute atomic E-state index is 13.4. The predicted molar refractivity (Wildman–Crippen MR) is 133 cm³/mol. The van der Waals surface area contributed by atoms with Crippen molar-refractivity contribution in [2.45, 2.75) is 58.4 Å². The zero-order valence-corrected chi connectivity index (χ0v) is 21.6. The number of rotatable bonds is 11. The van der Waals surface area contributed by atoms with Gasteiger partial charge in [0.25, 0.3) is 0 Å². The number of β-lactam (4-membered cyclic amide) rings is 1. The van der Waals surface area contributed by atoms with E-state index in [1.165, 1.54) is 4.90 Å². The molecule has 2 aromatic carbocycles. The van der Waals surface area contributed by atoms with E-state index < -0.39 is 29.0 Å². The summed E-state index contributed by atoms with van der Waals surface area (Å²) in [6, 6.07) is 16.8. The first-order valence-corrected chi connectivity index (χ1v) is 12.1.